The van der Waals surface area contributed by atoms with Crippen LogP contribution in [0, 0.1) is 0 Å². The molecule has 2 amide bonds. The van der Waals surface area contributed by atoms with Gasteiger partial charge in [-0.2, -0.15) is 0 Å². The van der Waals surface area contributed by atoms with Gasteiger partial charge in [-0.3, -0.25) is 14.9 Å². The van der Waals surface area contributed by atoms with Gasteiger partial charge in [-0.05, 0) is 55.0 Å². The van der Waals surface area contributed by atoms with E-state index < -0.39 is 5.91 Å². The van der Waals surface area contributed by atoms with Gasteiger partial charge in [0.25, 0.3) is 5.91 Å². The smallest absolute Gasteiger partial charge is 0.257 e. The third kappa shape index (κ3) is 5.58. The van der Waals surface area contributed by atoms with Crippen molar-refractivity contribution in [2.24, 2.45) is 5.73 Å². The molecule has 0 saturated carbocycles. The van der Waals surface area contributed by atoms with E-state index in [9.17, 15) is 9.59 Å². The minimum absolute atomic E-state index is 0.117. The molecule has 0 atom stereocenters. The summed E-state index contributed by atoms with van der Waals surface area (Å²) in [5.41, 5.74) is 6.58. The SMILES string of the molecule is CCCOc1cccc(C(=O)NC(=S)Nc2cccc(C(N)=O)c2)c1. The maximum atomic E-state index is 12.3. The van der Waals surface area contributed by atoms with Gasteiger partial charge < -0.3 is 15.8 Å². The van der Waals surface area contributed by atoms with Crippen LogP contribution < -0.4 is 21.1 Å². The van der Waals surface area contributed by atoms with E-state index in [2.05, 4.69) is 10.6 Å². The number of amides is 2. The molecule has 2 aromatic rings. The Bertz CT molecular complexity index is 793. The Morgan fingerprint density at radius 1 is 1.12 bits per heavy atom. The Kier molecular flexibility index (Phi) is 6.47. The molecule has 2 rings (SSSR count). The van der Waals surface area contributed by atoms with Crippen LogP contribution in [0.25, 0.3) is 0 Å². The average molecular weight is 357 g/mol. The Hall–Kier alpha value is -2.93. The molecule has 7 heteroatoms. The van der Waals surface area contributed by atoms with Gasteiger partial charge in [-0.1, -0.05) is 19.1 Å². The summed E-state index contributed by atoms with van der Waals surface area (Å²) in [4.78, 5) is 23.5. The molecule has 0 saturated heterocycles. The lowest BCUT2D eigenvalue weighted by molar-refractivity contribution is 0.0974. The van der Waals surface area contributed by atoms with Gasteiger partial charge in [0, 0.05) is 16.8 Å². The minimum Gasteiger partial charge on any atom is -0.494 e. The molecule has 0 unspecified atom stereocenters. The molecule has 0 aromatic heterocycles. The number of hydrogen-bond acceptors (Lipinski definition) is 4. The van der Waals surface area contributed by atoms with Crippen LogP contribution in [0.15, 0.2) is 48.5 Å². The fraction of sp³-hybridized carbons (Fsp3) is 0.167. The van der Waals surface area contributed by atoms with E-state index in [4.69, 9.17) is 22.7 Å². The topological polar surface area (TPSA) is 93.4 Å². The number of thiocarbonyl (C=S) groups is 1. The summed E-state index contributed by atoms with van der Waals surface area (Å²) in [6.07, 6.45) is 0.884. The molecule has 0 heterocycles. The van der Waals surface area contributed by atoms with E-state index in [1.54, 1.807) is 48.5 Å². The van der Waals surface area contributed by atoms with Gasteiger partial charge >= 0.3 is 0 Å². The number of benzene rings is 2. The Balaban J connectivity index is 1.99. The van der Waals surface area contributed by atoms with Gasteiger partial charge in [-0.15, -0.1) is 0 Å². The molecule has 130 valence electrons. The number of carbonyl (C=O) groups is 2. The summed E-state index contributed by atoms with van der Waals surface area (Å²) < 4.78 is 5.51. The molecule has 0 aliphatic heterocycles. The lowest BCUT2D eigenvalue weighted by Crippen LogP contribution is -2.34. The van der Waals surface area contributed by atoms with Crippen LogP contribution in [0.3, 0.4) is 0 Å². The van der Waals surface area contributed by atoms with Crippen molar-refractivity contribution in [3.63, 3.8) is 0 Å². The van der Waals surface area contributed by atoms with Crippen molar-refractivity contribution in [2.45, 2.75) is 13.3 Å². The number of nitrogens with two attached hydrogens (primary N) is 1. The number of hydrogen-bond donors (Lipinski definition) is 3. The van der Waals surface area contributed by atoms with Gasteiger partial charge in [0.05, 0.1) is 6.61 Å². The molecule has 4 N–H and O–H groups in total. The summed E-state index contributed by atoms with van der Waals surface area (Å²) >= 11 is 5.13. The largest absolute Gasteiger partial charge is 0.494 e. The first-order valence-electron chi connectivity index (χ1n) is 7.74. The molecule has 25 heavy (non-hydrogen) atoms. The van der Waals surface area contributed by atoms with Crippen LogP contribution in [0.4, 0.5) is 5.69 Å². The number of ether oxygens (including phenoxy) is 1. The molecule has 0 fully saturated rings. The third-order valence-corrected chi connectivity index (χ3v) is 3.41. The van der Waals surface area contributed by atoms with E-state index in [0.29, 0.717) is 29.2 Å². The highest BCUT2D eigenvalue weighted by Gasteiger charge is 2.10. The van der Waals surface area contributed by atoms with E-state index >= 15 is 0 Å². The molecule has 2 aromatic carbocycles. The third-order valence-electron chi connectivity index (χ3n) is 3.20. The Morgan fingerprint density at radius 2 is 1.84 bits per heavy atom. The second-order valence-corrected chi connectivity index (χ2v) is 5.64. The Morgan fingerprint density at radius 3 is 2.56 bits per heavy atom. The normalized spacial score (nSPS) is 9.96. The second-order valence-electron chi connectivity index (χ2n) is 5.23. The summed E-state index contributed by atoms with van der Waals surface area (Å²) in [5.74, 6) is -0.268. The van der Waals surface area contributed by atoms with Crippen molar-refractivity contribution in [1.82, 2.24) is 5.32 Å². The lowest BCUT2D eigenvalue weighted by Gasteiger charge is -2.11. The number of primary amides is 1. The predicted molar refractivity (Wildman–Crippen MR) is 101 cm³/mol. The Labute approximate surface area is 151 Å². The van der Waals surface area contributed by atoms with Crippen molar-refractivity contribution in [2.75, 3.05) is 11.9 Å². The molecular weight excluding hydrogens is 338 g/mol. The van der Waals surface area contributed by atoms with Crippen LogP contribution >= 0.6 is 12.2 Å². The zero-order valence-electron chi connectivity index (χ0n) is 13.7. The average Bonchev–Trinajstić information content (AvgIpc) is 2.60. The van der Waals surface area contributed by atoms with Crippen molar-refractivity contribution < 1.29 is 14.3 Å². The molecule has 6 nitrogen and oxygen atoms in total. The highest BCUT2D eigenvalue weighted by molar-refractivity contribution is 7.80. The molecular formula is C18H19N3O3S. The number of anilines is 1. The molecule has 0 radical (unpaired) electrons. The van der Waals surface area contributed by atoms with Gasteiger partial charge in [0.15, 0.2) is 5.11 Å². The first kappa shape index (κ1) is 18.4. The van der Waals surface area contributed by atoms with Crippen LogP contribution in [0.1, 0.15) is 34.1 Å². The lowest BCUT2D eigenvalue weighted by atomic mass is 10.2. The maximum absolute atomic E-state index is 12.3. The van der Waals surface area contributed by atoms with E-state index in [1.807, 2.05) is 6.92 Å². The van der Waals surface area contributed by atoms with Crippen molar-refractivity contribution >= 4 is 34.8 Å². The summed E-state index contributed by atoms with van der Waals surface area (Å²) in [7, 11) is 0. The fourth-order valence-electron chi connectivity index (χ4n) is 2.03. The van der Waals surface area contributed by atoms with E-state index in [0.717, 1.165) is 6.42 Å². The highest BCUT2D eigenvalue weighted by Crippen LogP contribution is 2.14. The van der Waals surface area contributed by atoms with Gasteiger partial charge in [0.1, 0.15) is 5.75 Å². The standard InChI is InChI=1S/C18H19N3O3S/c1-2-9-24-15-8-4-6-13(11-15)17(23)21-18(25)20-14-7-3-5-12(10-14)16(19)22/h3-8,10-11H,2,9H2,1H3,(H2,19,22)(H2,20,21,23,25). The van der Waals surface area contributed by atoms with Gasteiger partial charge in [-0.25, -0.2) is 0 Å². The van der Waals surface area contributed by atoms with E-state index in [1.165, 1.54) is 0 Å². The van der Waals surface area contributed by atoms with Crippen molar-refractivity contribution in [1.29, 1.82) is 0 Å². The number of rotatable bonds is 6. The zero-order valence-corrected chi connectivity index (χ0v) is 14.6. The van der Waals surface area contributed by atoms with Crippen LogP contribution in [-0.2, 0) is 0 Å². The maximum Gasteiger partial charge on any atom is 0.257 e. The summed E-state index contributed by atoms with van der Waals surface area (Å²) in [5, 5.41) is 5.55. The molecule has 0 bridgehead atoms. The molecule has 0 spiro atoms. The van der Waals surface area contributed by atoms with Crippen LogP contribution in [0.2, 0.25) is 0 Å². The fourth-order valence-corrected chi connectivity index (χ4v) is 2.25. The van der Waals surface area contributed by atoms with Crippen LogP contribution in [0.5, 0.6) is 5.75 Å². The summed E-state index contributed by atoms with van der Waals surface area (Å²) in [6, 6.07) is 13.4. The van der Waals surface area contributed by atoms with Gasteiger partial charge in [0.2, 0.25) is 5.91 Å². The van der Waals surface area contributed by atoms with Crippen molar-refractivity contribution in [3.05, 3.63) is 59.7 Å². The van der Waals surface area contributed by atoms with E-state index in [-0.39, 0.29) is 11.0 Å². The van der Waals surface area contributed by atoms with Crippen molar-refractivity contribution in [3.8, 4) is 5.75 Å². The highest BCUT2D eigenvalue weighted by atomic mass is 32.1. The second kappa shape index (κ2) is 8.79. The first-order chi connectivity index (χ1) is 12.0. The van der Waals surface area contributed by atoms with Crippen LogP contribution in [-0.4, -0.2) is 23.5 Å². The number of carbonyl (C=O) groups excluding carboxylic acids is 2. The summed E-state index contributed by atoms with van der Waals surface area (Å²) in [6.45, 7) is 2.59. The monoisotopic (exact) mass is 357 g/mol. The predicted octanol–water partition coefficient (Wildman–Crippen LogP) is 2.70. The zero-order chi connectivity index (χ0) is 18.2. The quantitative estimate of drug-likeness (QED) is 0.691. The molecule has 0 aliphatic carbocycles. The molecule has 0 aliphatic rings. The first-order valence-corrected chi connectivity index (χ1v) is 8.15. The number of nitrogens with one attached hydrogen (secondary N) is 2. The minimum atomic E-state index is -0.539.